The standard InChI is InChI=1S/C9H15N3OS/c13-9(7-3-14-4-11-7)12-8-5-1-10-2-6(5)8/h5-8,10-11H,1-4H2,(H,12,13)/t5-,6+,7?,8?. The number of fused-ring (bicyclic) bond motifs is 1. The monoisotopic (exact) mass is 213 g/mol. The summed E-state index contributed by atoms with van der Waals surface area (Å²) < 4.78 is 0. The van der Waals surface area contributed by atoms with Gasteiger partial charge in [0.2, 0.25) is 5.91 Å². The minimum atomic E-state index is 0.0503. The fourth-order valence-electron chi connectivity index (χ4n) is 2.46. The third kappa shape index (κ3) is 1.43. The molecule has 0 aromatic rings. The predicted molar refractivity (Wildman–Crippen MR) is 56.0 cm³/mol. The second-order valence-electron chi connectivity index (χ2n) is 4.29. The number of nitrogens with one attached hydrogen (secondary N) is 3. The molecule has 2 unspecified atom stereocenters. The van der Waals surface area contributed by atoms with Crippen LogP contribution in [0.1, 0.15) is 0 Å². The maximum absolute atomic E-state index is 11.7. The minimum Gasteiger partial charge on any atom is -0.351 e. The van der Waals surface area contributed by atoms with Gasteiger partial charge in [-0.1, -0.05) is 0 Å². The van der Waals surface area contributed by atoms with E-state index in [4.69, 9.17) is 0 Å². The van der Waals surface area contributed by atoms with E-state index in [1.807, 2.05) is 0 Å². The lowest BCUT2D eigenvalue weighted by Crippen LogP contribution is -2.44. The zero-order valence-electron chi connectivity index (χ0n) is 7.95. The first-order valence-electron chi connectivity index (χ1n) is 5.18. The van der Waals surface area contributed by atoms with Crippen molar-refractivity contribution in [1.29, 1.82) is 0 Å². The summed E-state index contributed by atoms with van der Waals surface area (Å²) in [6, 6.07) is 0.519. The molecule has 2 aliphatic heterocycles. The Balaban J connectivity index is 1.50. The Morgan fingerprint density at radius 3 is 2.79 bits per heavy atom. The van der Waals surface area contributed by atoms with Gasteiger partial charge in [0.15, 0.2) is 0 Å². The Hall–Kier alpha value is -0.260. The molecule has 2 saturated heterocycles. The van der Waals surface area contributed by atoms with E-state index in [9.17, 15) is 4.79 Å². The van der Waals surface area contributed by atoms with Gasteiger partial charge in [-0.15, -0.1) is 11.8 Å². The van der Waals surface area contributed by atoms with E-state index in [0.717, 1.165) is 24.7 Å². The molecule has 3 N–H and O–H groups in total. The van der Waals surface area contributed by atoms with Crippen LogP contribution in [0.4, 0.5) is 0 Å². The van der Waals surface area contributed by atoms with Gasteiger partial charge >= 0.3 is 0 Å². The number of hydrogen-bond acceptors (Lipinski definition) is 4. The molecule has 0 aromatic carbocycles. The molecule has 1 saturated carbocycles. The van der Waals surface area contributed by atoms with Crippen molar-refractivity contribution in [2.24, 2.45) is 11.8 Å². The van der Waals surface area contributed by atoms with Crippen LogP contribution in [0.25, 0.3) is 0 Å². The van der Waals surface area contributed by atoms with Crippen LogP contribution < -0.4 is 16.0 Å². The highest BCUT2D eigenvalue weighted by atomic mass is 32.2. The van der Waals surface area contributed by atoms with Crippen LogP contribution in [0, 0.1) is 11.8 Å². The van der Waals surface area contributed by atoms with E-state index in [-0.39, 0.29) is 11.9 Å². The highest BCUT2D eigenvalue weighted by Crippen LogP contribution is 2.41. The van der Waals surface area contributed by atoms with Crippen molar-refractivity contribution in [3.63, 3.8) is 0 Å². The normalized spacial score (nSPS) is 44.9. The van der Waals surface area contributed by atoms with Crippen molar-refractivity contribution in [3.05, 3.63) is 0 Å². The average Bonchev–Trinajstić information content (AvgIpc) is 2.75. The molecule has 2 heterocycles. The lowest BCUT2D eigenvalue weighted by atomic mass is 10.3. The summed E-state index contributed by atoms with van der Waals surface area (Å²) in [6.45, 7) is 2.17. The Kier molecular flexibility index (Phi) is 2.18. The maximum Gasteiger partial charge on any atom is 0.238 e. The van der Waals surface area contributed by atoms with Crippen molar-refractivity contribution >= 4 is 17.7 Å². The molecule has 14 heavy (non-hydrogen) atoms. The van der Waals surface area contributed by atoms with Crippen LogP contribution in [0.3, 0.4) is 0 Å². The van der Waals surface area contributed by atoms with E-state index in [1.54, 1.807) is 11.8 Å². The summed E-state index contributed by atoms with van der Waals surface area (Å²) in [6.07, 6.45) is 0. The first-order chi connectivity index (χ1) is 6.86. The van der Waals surface area contributed by atoms with Gasteiger partial charge in [-0.05, 0) is 11.8 Å². The van der Waals surface area contributed by atoms with E-state index in [0.29, 0.717) is 17.9 Å². The van der Waals surface area contributed by atoms with Crippen molar-refractivity contribution in [1.82, 2.24) is 16.0 Å². The molecular weight excluding hydrogens is 198 g/mol. The van der Waals surface area contributed by atoms with E-state index >= 15 is 0 Å². The summed E-state index contributed by atoms with van der Waals surface area (Å²) in [7, 11) is 0. The number of piperidine rings is 1. The first-order valence-corrected chi connectivity index (χ1v) is 6.34. The summed E-state index contributed by atoms with van der Waals surface area (Å²) >= 11 is 1.80. The van der Waals surface area contributed by atoms with Crippen molar-refractivity contribution in [2.75, 3.05) is 24.7 Å². The Labute approximate surface area is 87.6 Å². The molecule has 3 aliphatic rings. The fraction of sp³-hybridized carbons (Fsp3) is 0.889. The Morgan fingerprint density at radius 2 is 2.14 bits per heavy atom. The lowest BCUT2D eigenvalue weighted by Gasteiger charge is -2.11. The SMILES string of the molecule is O=C(NC1[C@H]2CNC[C@@H]12)C1CSCN1. The van der Waals surface area contributed by atoms with Crippen LogP contribution in [-0.4, -0.2) is 42.7 Å². The van der Waals surface area contributed by atoms with Crippen molar-refractivity contribution in [3.8, 4) is 0 Å². The fourth-order valence-corrected chi connectivity index (χ4v) is 3.40. The lowest BCUT2D eigenvalue weighted by molar-refractivity contribution is -0.122. The zero-order valence-corrected chi connectivity index (χ0v) is 8.77. The molecule has 3 rings (SSSR count). The van der Waals surface area contributed by atoms with Crippen molar-refractivity contribution < 1.29 is 4.79 Å². The van der Waals surface area contributed by atoms with Crippen LogP contribution >= 0.6 is 11.8 Å². The number of amides is 1. The molecule has 0 spiro atoms. The summed E-state index contributed by atoms with van der Waals surface area (Å²) in [4.78, 5) is 11.7. The highest BCUT2D eigenvalue weighted by Gasteiger charge is 2.53. The van der Waals surface area contributed by atoms with Gasteiger partial charge in [0.05, 0.1) is 6.04 Å². The molecule has 78 valence electrons. The van der Waals surface area contributed by atoms with Crippen LogP contribution in [-0.2, 0) is 4.79 Å². The molecule has 4 nitrogen and oxygen atoms in total. The molecule has 1 amide bonds. The van der Waals surface area contributed by atoms with Gasteiger partial charge in [-0.2, -0.15) is 0 Å². The minimum absolute atomic E-state index is 0.0503. The predicted octanol–water partition coefficient (Wildman–Crippen LogP) is -1.02. The summed E-state index contributed by atoms with van der Waals surface area (Å²) in [5.41, 5.74) is 0. The summed E-state index contributed by atoms with van der Waals surface area (Å²) in [5, 5.41) is 9.66. The number of carbonyl (C=O) groups excluding carboxylic acids is 1. The highest BCUT2D eigenvalue weighted by molar-refractivity contribution is 7.99. The largest absolute Gasteiger partial charge is 0.351 e. The molecule has 4 atom stereocenters. The van der Waals surface area contributed by atoms with Crippen LogP contribution in [0.15, 0.2) is 0 Å². The Bertz CT molecular complexity index is 244. The van der Waals surface area contributed by atoms with Gasteiger partial charge < -0.3 is 10.6 Å². The molecule has 5 heteroatoms. The number of thioether (sulfide) groups is 1. The Morgan fingerprint density at radius 1 is 1.36 bits per heavy atom. The van der Waals surface area contributed by atoms with Gasteiger partial charge in [-0.25, -0.2) is 0 Å². The van der Waals surface area contributed by atoms with E-state index < -0.39 is 0 Å². The average molecular weight is 213 g/mol. The molecule has 3 fully saturated rings. The van der Waals surface area contributed by atoms with E-state index in [1.165, 1.54) is 0 Å². The number of hydrogen-bond donors (Lipinski definition) is 3. The van der Waals surface area contributed by atoms with Gasteiger partial charge in [0.25, 0.3) is 0 Å². The zero-order chi connectivity index (χ0) is 9.54. The van der Waals surface area contributed by atoms with Gasteiger partial charge in [0, 0.05) is 30.8 Å². The van der Waals surface area contributed by atoms with Gasteiger partial charge in [0.1, 0.15) is 0 Å². The maximum atomic E-state index is 11.7. The van der Waals surface area contributed by atoms with Crippen LogP contribution in [0.5, 0.6) is 0 Å². The van der Waals surface area contributed by atoms with Crippen LogP contribution in [0.2, 0.25) is 0 Å². The molecule has 0 bridgehead atoms. The van der Waals surface area contributed by atoms with Crippen molar-refractivity contribution in [2.45, 2.75) is 12.1 Å². The number of carbonyl (C=O) groups is 1. The molecular formula is C9H15N3OS. The quantitative estimate of drug-likeness (QED) is 0.550. The third-order valence-corrected chi connectivity index (χ3v) is 4.37. The molecule has 1 aliphatic carbocycles. The summed E-state index contributed by atoms with van der Waals surface area (Å²) in [5.74, 6) is 3.47. The second kappa shape index (κ2) is 3.40. The molecule has 0 aromatic heterocycles. The second-order valence-corrected chi connectivity index (χ2v) is 5.32. The topological polar surface area (TPSA) is 53.2 Å². The number of rotatable bonds is 2. The first kappa shape index (κ1) is 9.00. The smallest absolute Gasteiger partial charge is 0.238 e. The molecule has 0 radical (unpaired) electrons. The third-order valence-electron chi connectivity index (χ3n) is 3.43. The van der Waals surface area contributed by atoms with Gasteiger partial charge in [-0.3, -0.25) is 10.1 Å². The van der Waals surface area contributed by atoms with E-state index in [2.05, 4.69) is 16.0 Å².